The SMILES string of the molecule is Cc1ccc2nn(-c3ccccc3-c3nnn(C(c4ccccc4)(c4ccccc4)c4ccccc4)n3)c(Br)c2c1. The Morgan fingerprint density at radius 1 is 0.634 bits per heavy atom. The van der Waals surface area contributed by atoms with Gasteiger partial charge in [0.1, 0.15) is 4.60 Å². The molecule has 0 amide bonds. The van der Waals surface area contributed by atoms with Gasteiger partial charge in [0.05, 0.1) is 11.2 Å². The van der Waals surface area contributed by atoms with Crippen molar-refractivity contribution in [3.8, 4) is 17.1 Å². The molecule has 0 saturated carbocycles. The van der Waals surface area contributed by atoms with Crippen LogP contribution in [0.2, 0.25) is 0 Å². The monoisotopic (exact) mass is 596 g/mol. The molecule has 0 spiro atoms. The summed E-state index contributed by atoms with van der Waals surface area (Å²) in [6, 6.07) is 45.3. The number of halogens is 1. The highest BCUT2D eigenvalue weighted by molar-refractivity contribution is 9.10. The minimum absolute atomic E-state index is 0.510. The summed E-state index contributed by atoms with van der Waals surface area (Å²) in [6.45, 7) is 2.08. The fourth-order valence-corrected chi connectivity index (χ4v) is 6.11. The molecule has 2 heterocycles. The van der Waals surface area contributed by atoms with Crippen molar-refractivity contribution in [3.05, 3.63) is 160 Å². The molecule has 41 heavy (non-hydrogen) atoms. The molecule has 0 unspecified atom stereocenters. The van der Waals surface area contributed by atoms with Gasteiger partial charge in [-0.2, -0.15) is 5.10 Å². The number of aromatic nitrogens is 6. The smallest absolute Gasteiger partial charge is 0.207 e. The molecule has 0 bridgehead atoms. The molecule has 2 aromatic heterocycles. The Bertz CT molecular complexity index is 1870. The van der Waals surface area contributed by atoms with Crippen LogP contribution in [0.4, 0.5) is 0 Å². The van der Waals surface area contributed by atoms with Crippen LogP contribution in [0.5, 0.6) is 0 Å². The van der Waals surface area contributed by atoms with Crippen molar-refractivity contribution < 1.29 is 0 Å². The van der Waals surface area contributed by atoms with Crippen LogP contribution in [0.25, 0.3) is 28.0 Å². The van der Waals surface area contributed by atoms with E-state index >= 15 is 0 Å². The fourth-order valence-electron chi connectivity index (χ4n) is 5.52. The number of rotatable bonds is 6. The van der Waals surface area contributed by atoms with E-state index in [9.17, 15) is 0 Å². The first-order chi connectivity index (χ1) is 20.2. The zero-order valence-electron chi connectivity index (χ0n) is 22.3. The summed E-state index contributed by atoms with van der Waals surface area (Å²) in [5.41, 5.74) is 6.02. The van der Waals surface area contributed by atoms with Gasteiger partial charge in [-0.15, -0.1) is 15.0 Å². The van der Waals surface area contributed by atoms with Crippen LogP contribution < -0.4 is 0 Å². The first-order valence-corrected chi connectivity index (χ1v) is 14.2. The van der Waals surface area contributed by atoms with Gasteiger partial charge in [0.25, 0.3) is 0 Å². The molecule has 0 fully saturated rings. The van der Waals surface area contributed by atoms with Crippen LogP contribution in [-0.2, 0) is 5.54 Å². The van der Waals surface area contributed by atoms with Gasteiger partial charge in [0.2, 0.25) is 5.82 Å². The van der Waals surface area contributed by atoms with Crippen LogP contribution >= 0.6 is 15.9 Å². The predicted octanol–water partition coefficient (Wildman–Crippen LogP) is 7.59. The number of hydrogen-bond acceptors (Lipinski definition) is 4. The van der Waals surface area contributed by atoms with Gasteiger partial charge < -0.3 is 0 Å². The van der Waals surface area contributed by atoms with E-state index in [0.717, 1.165) is 43.4 Å². The highest BCUT2D eigenvalue weighted by Crippen LogP contribution is 2.40. The maximum Gasteiger partial charge on any atom is 0.207 e. The number of para-hydroxylation sites is 1. The van der Waals surface area contributed by atoms with Gasteiger partial charge in [0, 0.05) is 10.9 Å². The number of tetrazole rings is 1. The molecule has 0 radical (unpaired) electrons. The van der Waals surface area contributed by atoms with Crippen LogP contribution in [0.15, 0.2) is 138 Å². The maximum atomic E-state index is 5.10. The summed E-state index contributed by atoms with van der Waals surface area (Å²) in [4.78, 5) is 1.75. The molecule has 0 N–H and O–H groups in total. The zero-order chi connectivity index (χ0) is 27.8. The Morgan fingerprint density at radius 2 is 1.20 bits per heavy atom. The van der Waals surface area contributed by atoms with Crippen molar-refractivity contribution in [3.63, 3.8) is 0 Å². The topological polar surface area (TPSA) is 61.4 Å². The maximum absolute atomic E-state index is 5.10. The van der Waals surface area contributed by atoms with E-state index in [1.807, 2.05) is 89.6 Å². The molecule has 0 aliphatic rings. The van der Waals surface area contributed by atoms with Crippen molar-refractivity contribution in [2.24, 2.45) is 0 Å². The predicted molar refractivity (Wildman–Crippen MR) is 165 cm³/mol. The Balaban J connectivity index is 1.45. The van der Waals surface area contributed by atoms with Crippen molar-refractivity contribution in [2.45, 2.75) is 12.5 Å². The highest BCUT2D eigenvalue weighted by atomic mass is 79.9. The molecule has 0 atom stereocenters. The second-order valence-electron chi connectivity index (χ2n) is 9.95. The standard InChI is InChI=1S/C34H25BrN6/c1-24-21-22-30-29(23-24)32(35)40(37-30)31-20-12-11-19-28(31)33-36-39-41(38-33)34(25-13-5-2-6-14-25,26-15-7-3-8-16-26)27-17-9-4-10-18-27/h2-23H,1H3. The largest absolute Gasteiger partial charge is 0.225 e. The highest BCUT2D eigenvalue weighted by Gasteiger charge is 2.41. The minimum atomic E-state index is -0.845. The molecule has 7 heteroatoms. The van der Waals surface area contributed by atoms with E-state index in [4.69, 9.17) is 15.4 Å². The van der Waals surface area contributed by atoms with Crippen LogP contribution in [0.3, 0.4) is 0 Å². The fraction of sp³-hybridized carbons (Fsp3) is 0.0588. The van der Waals surface area contributed by atoms with Gasteiger partial charge >= 0.3 is 0 Å². The summed E-state index contributed by atoms with van der Waals surface area (Å²) in [6.07, 6.45) is 0. The van der Waals surface area contributed by atoms with E-state index in [1.165, 1.54) is 5.56 Å². The Hall–Kier alpha value is -4.88. The van der Waals surface area contributed by atoms with E-state index in [1.54, 1.807) is 4.80 Å². The molecule has 6 nitrogen and oxygen atoms in total. The van der Waals surface area contributed by atoms with E-state index < -0.39 is 5.54 Å². The van der Waals surface area contributed by atoms with Gasteiger partial charge in [-0.05, 0) is 69.0 Å². The molecule has 0 aliphatic heterocycles. The normalized spacial score (nSPS) is 11.7. The summed E-state index contributed by atoms with van der Waals surface area (Å²) in [5, 5.41) is 20.4. The summed E-state index contributed by atoms with van der Waals surface area (Å²) in [5.74, 6) is 0.510. The lowest BCUT2D eigenvalue weighted by atomic mass is 9.77. The second-order valence-corrected chi connectivity index (χ2v) is 10.7. The summed E-state index contributed by atoms with van der Waals surface area (Å²) >= 11 is 3.80. The molecule has 5 aromatic carbocycles. The summed E-state index contributed by atoms with van der Waals surface area (Å²) < 4.78 is 2.78. The van der Waals surface area contributed by atoms with Crippen LogP contribution in [-0.4, -0.2) is 30.0 Å². The average molecular weight is 598 g/mol. The van der Waals surface area contributed by atoms with Gasteiger partial charge in [-0.3, -0.25) is 0 Å². The molecular formula is C34H25BrN6. The lowest BCUT2D eigenvalue weighted by Gasteiger charge is -2.34. The first-order valence-electron chi connectivity index (χ1n) is 13.4. The number of hydrogen-bond donors (Lipinski definition) is 0. The third-order valence-electron chi connectivity index (χ3n) is 7.43. The molecule has 0 aliphatic carbocycles. The Kier molecular flexibility index (Phi) is 6.29. The molecule has 7 rings (SSSR count). The number of aryl methyl sites for hydroxylation is 1. The lowest BCUT2D eigenvalue weighted by molar-refractivity contribution is 0.396. The quantitative estimate of drug-likeness (QED) is 0.185. The summed E-state index contributed by atoms with van der Waals surface area (Å²) in [7, 11) is 0. The molecular weight excluding hydrogens is 572 g/mol. The van der Waals surface area contributed by atoms with Crippen LogP contribution in [0, 0.1) is 6.92 Å². The second kappa shape index (κ2) is 10.3. The third kappa shape index (κ3) is 4.17. The molecule has 0 saturated heterocycles. The van der Waals surface area contributed by atoms with Crippen molar-refractivity contribution in [1.82, 2.24) is 30.0 Å². The number of nitrogens with zero attached hydrogens (tertiary/aromatic N) is 6. The Labute approximate surface area is 246 Å². The van der Waals surface area contributed by atoms with Crippen molar-refractivity contribution >= 4 is 26.8 Å². The first kappa shape index (κ1) is 25.1. The molecule has 7 aromatic rings. The Morgan fingerprint density at radius 3 is 1.80 bits per heavy atom. The van der Waals surface area contributed by atoms with Crippen molar-refractivity contribution in [2.75, 3.05) is 0 Å². The lowest BCUT2D eigenvalue weighted by Crippen LogP contribution is -2.39. The third-order valence-corrected chi connectivity index (χ3v) is 8.19. The number of benzene rings is 5. The number of fused-ring (bicyclic) bond motifs is 1. The molecule has 198 valence electrons. The van der Waals surface area contributed by atoms with Gasteiger partial charge in [-0.1, -0.05) is 115 Å². The van der Waals surface area contributed by atoms with Gasteiger partial charge in [-0.25, -0.2) is 4.68 Å². The van der Waals surface area contributed by atoms with E-state index in [-0.39, 0.29) is 0 Å². The average Bonchev–Trinajstić information content (AvgIpc) is 3.64. The van der Waals surface area contributed by atoms with E-state index in [2.05, 4.69) is 76.5 Å². The van der Waals surface area contributed by atoms with Crippen molar-refractivity contribution in [1.29, 1.82) is 0 Å². The van der Waals surface area contributed by atoms with Crippen LogP contribution in [0.1, 0.15) is 22.3 Å². The zero-order valence-corrected chi connectivity index (χ0v) is 23.8. The minimum Gasteiger partial charge on any atom is -0.225 e. The van der Waals surface area contributed by atoms with Gasteiger partial charge in [0.15, 0.2) is 5.54 Å². The van der Waals surface area contributed by atoms with E-state index in [0.29, 0.717) is 5.82 Å².